The zero-order chi connectivity index (χ0) is 19.9. The number of rotatable bonds is 5. The number of ether oxygens (including phenoxy) is 1. The largest absolute Gasteiger partial charge is 0.483 e. The summed E-state index contributed by atoms with van der Waals surface area (Å²) in [5.74, 6) is -0.432. The predicted octanol–water partition coefficient (Wildman–Crippen LogP) is 2.64. The molecule has 1 aromatic carbocycles. The zero-order valence-corrected chi connectivity index (χ0v) is 17.1. The number of aromatic nitrogens is 1. The summed E-state index contributed by atoms with van der Waals surface area (Å²) < 4.78 is 32.2. The molecule has 7 nitrogen and oxygen atoms in total. The van der Waals surface area contributed by atoms with Gasteiger partial charge in [-0.3, -0.25) is 9.59 Å². The van der Waals surface area contributed by atoms with E-state index in [1.54, 1.807) is 19.9 Å². The molecule has 0 aliphatic heterocycles. The fourth-order valence-electron chi connectivity index (χ4n) is 3.36. The van der Waals surface area contributed by atoms with Gasteiger partial charge < -0.3 is 4.74 Å². The van der Waals surface area contributed by atoms with Crippen molar-refractivity contribution >= 4 is 33.1 Å². The van der Waals surface area contributed by atoms with Crippen molar-refractivity contribution in [3.05, 3.63) is 39.5 Å². The number of hydrogen-bond donors (Lipinski definition) is 1. The quantitative estimate of drug-likeness (QED) is 0.816. The Morgan fingerprint density at radius 1 is 1.33 bits per heavy atom. The van der Waals surface area contributed by atoms with E-state index < -0.39 is 22.5 Å². The van der Waals surface area contributed by atoms with Crippen LogP contribution < -0.4 is 9.46 Å². The highest BCUT2D eigenvalue weighted by Gasteiger charge is 2.31. The van der Waals surface area contributed by atoms with Crippen LogP contribution in [0.1, 0.15) is 51.4 Å². The van der Waals surface area contributed by atoms with E-state index in [-0.39, 0.29) is 15.9 Å². The summed E-state index contributed by atoms with van der Waals surface area (Å²) in [4.78, 5) is 28.4. The van der Waals surface area contributed by atoms with Crippen molar-refractivity contribution in [2.45, 2.75) is 44.2 Å². The van der Waals surface area contributed by atoms with Crippen LogP contribution in [0.5, 0.6) is 5.75 Å². The fraction of sp³-hybridized carbons (Fsp3) is 0.389. The first-order chi connectivity index (χ1) is 12.6. The molecular weight excluding hydrogens is 388 g/mol. The highest BCUT2D eigenvalue weighted by molar-refractivity contribution is 7.92. The van der Waals surface area contributed by atoms with E-state index >= 15 is 0 Å². The number of nitrogens with one attached hydrogen (secondary N) is 1. The lowest BCUT2D eigenvalue weighted by Gasteiger charge is -2.13. The molecule has 0 radical (unpaired) electrons. The highest BCUT2D eigenvalue weighted by Crippen LogP contribution is 2.40. The molecule has 1 N–H and O–H groups in total. The van der Waals surface area contributed by atoms with Gasteiger partial charge in [0.2, 0.25) is 0 Å². The third-order valence-electron chi connectivity index (χ3n) is 4.40. The Kier molecular flexibility index (Phi) is 5.09. The number of sulfonamides is 1. The number of hydrogen-bond acceptors (Lipinski definition) is 7. The number of Topliss-reactive ketones (excluding diaryl/α,β-unsaturated/α-hetero) is 1. The molecule has 1 aliphatic rings. The van der Waals surface area contributed by atoms with E-state index in [2.05, 4.69) is 4.98 Å². The van der Waals surface area contributed by atoms with Gasteiger partial charge in [-0.05, 0) is 43.9 Å². The maximum Gasteiger partial charge on any atom is 0.275 e. The maximum absolute atomic E-state index is 12.3. The van der Waals surface area contributed by atoms with Crippen LogP contribution in [0.4, 0.5) is 0 Å². The number of fused-ring (bicyclic) bond motifs is 1. The molecule has 1 heterocycles. The van der Waals surface area contributed by atoms with E-state index in [0.717, 1.165) is 22.5 Å². The van der Waals surface area contributed by atoms with Gasteiger partial charge in [-0.15, -0.1) is 11.3 Å². The van der Waals surface area contributed by atoms with E-state index in [4.69, 9.17) is 4.74 Å². The minimum Gasteiger partial charge on any atom is -0.483 e. The van der Waals surface area contributed by atoms with Gasteiger partial charge in [-0.2, -0.15) is 0 Å². The number of carbonyl (C=O) groups excluding carboxylic acids is 2. The lowest BCUT2D eigenvalue weighted by atomic mass is 9.97. The van der Waals surface area contributed by atoms with Crippen LogP contribution in [0.2, 0.25) is 0 Å². The summed E-state index contributed by atoms with van der Waals surface area (Å²) >= 11 is 0.997. The van der Waals surface area contributed by atoms with Crippen LogP contribution in [0, 0.1) is 20.8 Å². The van der Waals surface area contributed by atoms with Crippen molar-refractivity contribution in [1.29, 1.82) is 0 Å². The molecule has 144 valence electrons. The van der Waals surface area contributed by atoms with Gasteiger partial charge in [0.05, 0.1) is 16.3 Å². The Morgan fingerprint density at radius 2 is 2.04 bits per heavy atom. The van der Waals surface area contributed by atoms with Crippen molar-refractivity contribution in [2.75, 3.05) is 6.61 Å². The molecule has 0 bridgehead atoms. The van der Waals surface area contributed by atoms with Crippen molar-refractivity contribution < 1.29 is 22.7 Å². The average molecular weight is 409 g/mol. The van der Waals surface area contributed by atoms with E-state index in [0.29, 0.717) is 28.4 Å². The normalized spacial score (nSPS) is 16.3. The lowest BCUT2D eigenvalue weighted by Crippen LogP contribution is -2.34. The summed E-state index contributed by atoms with van der Waals surface area (Å²) in [5, 5.41) is 0.597. The average Bonchev–Trinajstić information content (AvgIpc) is 3.06. The molecule has 1 atom stereocenters. The van der Waals surface area contributed by atoms with Crippen LogP contribution in [-0.2, 0) is 14.8 Å². The minimum atomic E-state index is -4.00. The Balaban J connectivity index is 1.74. The molecular formula is C18H20N2O5S2. The molecule has 0 saturated carbocycles. The maximum atomic E-state index is 12.3. The van der Waals surface area contributed by atoms with Gasteiger partial charge in [0.25, 0.3) is 15.9 Å². The predicted molar refractivity (Wildman–Crippen MR) is 101 cm³/mol. The lowest BCUT2D eigenvalue weighted by molar-refractivity contribution is -0.121. The van der Waals surface area contributed by atoms with Crippen LogP contribution in [0.25, 0.3) is 0 Å². The van der Waals surface area contributed by atoms with Gasteiger partial charge in [-0.25, -0.2) is 18.1 Å². The number of thiazole rings is 1. The van der Waals surface area contributed by atoms with Gasteiger partial charge in [0.1, 0.15) is 5.75 Å². The molecule has 0 spiro atoms. The number of amides is 1. The number of nitrogens with zero attached hydrogens (tertiary/aromatic N) is 1. The second-order valence-electron chi connectivity index (χ2n) is 6.62. The molecule has 1 unspecified atom stereocenters. The molecule has 9 heteroatoms. The molecule has 2 aromatic rings. The standard InChI is InChI=1S/C18H20N2O5S2/c1-9-5-6-14(17-13(21)7-10(2)16(9)17)25-8-15(22)20-27(23,24)18-11(3)19-12(4)26-18/h5-6,10H,7-8H2,1-4H3,(H,20,22). The topological polar surface area (TPSA) is 102 Å². The van der Waals surface area contributed by atoms with Crippen LogP contribution in [0.3, 0.4) is 0 Å². The van der Waals surface area contributed by atoms with Crippen molar-refractivity contribution in [2.24, 2.45) is 0 Å². The number of carbonyl (C=O) groups is 2. The first-order valence-electron chi connectivity index (χ1n) is 8.39. The third-order valence-corrected chi connectivity index (χ3v) is 7.46. The van der Waals surface area contributed by atoms with Gasteiger partial charge in [0.15, 0.2) is 16.6 Å². The molecule has 1 aromatic heterocycles. The van der Waals surface area contributed by atoms with Gasteiger partial charge >= 0.3 is 0 Å². The Hall–Kier alpha value is -2.26. The van der Waals surface area contributed by atoms with E-state index in [1.807, 2.05) is 24.6 Å². The second-order valence-corrected chi connectivity index (χ2v) is 9.70. The number of ketones is 1. The van der Waals surface area contributed by atoms with Crippen LogP contribution in [0.15, 0.2) is 16.3 Å². The summed E-state index contributed by atoms with van der Waals surface area (Å²) in [5.41, 5.74) is 2.77. The second kappa shape index (κ2) is 7.05. The first kappa shape index (κ1) is 19.5. The smallest absolute Gasteiger partial charge is 0.275 e. The molecule has 1 aliphatic carbocycles. The summed E-state index contributed by atoms with van der Waals surface area (Å²) in [7, 11) is -4.00. The summed E-state index contributed by atoms with van der Waals surface area (Å²) in [6.45, 7) is 6.65. The zero-order valence-electron chi connectivity index (χ0n) is 15.5. The molecule has 0 fully saturated rings. The van der Waals surface area contributed by atoms with Gasteiger partial charge in [0, 0.05) is 6.42 Å². The summed E-state index contributed by atoms with van der Waals surface area (Å²) in [6.07, 6.45) is 0.404. The molecule has 3 rings (SSSR count). The van der Waals surface area contributed by atoms with Crippen molar-refractivity contribution in [3.8, 4) is 5.75 Å². The van der Waals surface area contributed by atoms with Gasteiger partial charge in [-0.1, -0.05) is 13.0 Å². The van der Waals surface area contributed by atoms with Crippen LogP contribution >= 0.6 is 11.3 Å². The number of benzene rings is 1. The Morgan fingerprint density at radius 3 is 2.67 bits per heavy atom. The highest BCUT2D eigenvalue weighted by atomic mass is 32.2. The fourth-order valence-corrected chi connectivity index (χ4v) is 5.82. The van der Waals surface area contributed by atoms with Crippen molar-refractivity contribution in [1.82, 2.24) is 9.71 Å². The van der Waals surface area contributed by atoms with Crippen LogP contribution in [-0.4, -0.2) is 31.7 Å². The number of aryl methyl sites for hydroxylation is 3. The first-order valence-corrected chi connectivity index (χ1v) is 10.7. The van der Waals surface area contributed by atoms with Crippen molar-refractivity contribution in [3.63, 3.8) is 0 Å². The third kappa shape index (κ3) is 3.74. The molecule has 1 amide bonds. The molecule has 0 saturated heterocycles. The minimum absolute atomic E-state index is 0.00794. The van der Waals surface area contributed by atoms with E-state index in [9.17, 15) is 18.0 Å². The molecule has 27 heavy (non-hydrogen) atoms. The summed E-state index contributed by atoms with van der Waals surface area (Å²) in [6, 6.07) is 3.48. The van der Waals surface area contributed by atoms with E-state index in [1.165, 1.54) is 0 Å². The monoisotopic (exact) mass is 408 g/mol. The Labute approximate surface area is 161 Å². The SMILES string of the molecule is Cc1nc(C)c(S(=O)(=O)NC(=O)COc2ccc(C)c3c2C(=O)CC3C)s1. The Bertz CT molecular complexity index is 1040.